The highest BCUT2D eigenvalue weighted by molar-refractivity contribution is 7.69. The van der Waals surface area contributed by atoms with E-state index in [-0.39, 0.29) is 5.95 Å². The van der Waals surface area contributed by atoms with E-state index in [1.807, 2.05) is 19.9 Å². The van der Waals surface area contributed by atoms with E-state index >= 15 is 0 Å². The molecular weight excluding hydrogens is 426 g/mol. The molecule has 1 fully saturated rings. The van der Waals surface area contributed by atoms with Gasteiger partial charge in [-0.05, 0) is 19.9 Å². The number of hydrogen-bond donors (Lipinski definition) is 2. The summed E-state index contributed by atoms with van der Waals surface area (Å²) in [7, 11) is -1.15. The van der Waals surface area contributed by atoms with Gasteiger partial charge in [0.25, 0.3) is 0 Å². The second-order valence-electron chi connectivity index (χ2n) is 7.45. The number of aromatic nitrogens is 4. The van der Waals surface area contributed by atoms with Crippen molar-refractivity contribution < 1.29 is 13.2 Å². The van der Waals surface area contributed by atoms with Gasteiger partial charge in [-0.1, -0.05) is 0 Å². The van der Waals surface area contributed by atoms with Crippen LogP contribution in [0, 0.1) is 0 Å². The van der Waals surface area contributed by atoms with Crippen molar-refractivity contribution >= 4 is 44.2 Å². The lowest BCUT2D eigenvalue weighted by atomic mass is 10.0. The number of nitrogens with two attached hydrogens (primary N) is 1. The summed E-state index contributed by atoms with van der Waals surface area (Å²) in [6, 6.07) is 1.93. The van der Waals surface area contributed by atoms with E-state index in [1.165, 1.54) is 15.6 Å². The fourth-order valence-electron chi connectivity index (χ4n) is 3.15. The van der Waals surface area contributed by atoms with Gasteiger partial charge in [0.15, 0.2) is 11.6 Å². The second-order valence-corrected chi connectivity index (χ2v) is 9.57. The van der Waals surface area contributed by atoms with Gasteiger partial charge in [-0.25, -0.2) is 28.4 Å². The number of thiophene rings is 1. The third-order valence-corrected chi connectivity index (χ3v) is 7.67. The van der Waals surface area contributed by atoms with Gasteiger partial charge >= 0.3 is 0 Å². The SMILES string of the molecule is CN([SH](=O)=O)C(C)(C)c1cc2nc(-c3cnc(N)nc3)nc(N3CCOCC3)c2s1. The van der Waals surface area contributed by atoms with Gasteiger partial charge in [-0.3, -0.25) is 0 Å². The largest absolute Gasteiger partial charge is 0.378 e. The number of ether oxygens (including phenoxy) is 1. The average molecular weight is 450 g/mol. The molecule has 10 nitrogen and oxygen atoms in total. The molecule has 0 saturated carbocycles. The minimum Gasteiger partial charge on any atom is -0.378 e. The highest BCUT2D eigenvalue weighted by atomic mass is 32.2. The summed E-state index contributed by atoms with van der Waals surface area (Å²) >= 11 is 1.51. The Balaban J connectivity index is 1.88. The number of fused-ring (bicyclic) bond motifs is 1. The zero-order chi connectivity index (χ0) is 21.5. The van der Waals surface area contributed by atoms with Crippen molar-refractivity contribution in [1.82, 2.24) is 24.2 Å². The van der Waals surface area contributed by atoms with Crippen molar-refractivity contribution in [2.75, 3.05) is 44.0 Å². The van der Waals surface area contributed by atoms with Crippen LogP contribution in [0.2, 0.25) is 0 Å². The molecule has 1 saturated heterocycles. The molecule has 0 unspecified atom stereocenters. The normalized spacial score (nSPS) is 15.4. The van der Waals surface area contributed by atoms with Crippen molar-refractivity contribution in [3.63, 3.8) is 0 Å². The maximum atomic E-state index is 11.6. The Morgan fingerprint density at radius 2 is 1.87 bits per heavy atom. The number of nitrogen functional groups attached to an aromatic ring is 1. The van der Waals surface area contributed by atoms with Crippen molar-refractivity contribution in [3.8, 4) is 11.4 Å². The van der Waals surface area contributed by atoms with Crippen molar-refractivity contribution in [2.24, 2.45) is 0 Å². The highest BCUT2D eigenvalue weighted by Crippen LogP contribution is 2.40. The summed E-state index contributed by atoms with van der Waals surface area (Å²) in [4.78, 5) is 20.7. The number of anilines is 2. The smallest absolute Gasteiger partial charge is 0.219 e. The number of thiol groups is 1. The van der Waals surface area contributed by atoms with E-state index < -0.39 is 16.4 Å². The Bertz CT molecular complexity index is 1130. The molecule has 0 atom stereocenters. The molecule has 160 valence electrons. The topological polar surface area (TPSA) is 127 Å². The van der Waals surface area contributed by atoms with E-state index in [0.29, 0.717) is 37.7 Å². The number of nitrogens with zero attached hydrogens (tertiary/aromatic N) is 6. The van der Waals surface area contributed by atoms with Crippen LogP contribution in [0.5, 0.6) is 0 Å². The molecule has 2 N–H and O–H groups in total. The van der Waals surface area contributed by atoms with E-state index in [2.05, 4.69) is 14.9 Å². The Kier molecular flexibility index (Phi) is 5.57. The van der Waals surface area contributed by atoms with Gasteiger partial charge in [0.2, 0.25) is 16.8 Å². The summed E-state index contributed by atoms with van der Waals surface area (Å²) in [5.74, 6) is 1.48. The van der Waals surface area contributed by atoms with Crippen LogP contribution in [0.3, 0.4) is 0 Å². The Morgan fingerprint density at radius 1 is 1.20 bits per heavy atom. The maximum Gasteiger partial charge on any atom is 0.219 e. The third-order valence-electron chi connectivity index (χ3n) is 5.25. The summed E-state index contributed by atoms with van der Waals surface area (Å²) in [6.07, 6.45) is 3.19. The van der Waals surface area contributed by atoms with Crippen LogP contribution >= 0.6 is 11.3 Å². The van der Waals surface area contributed by atoms with E-state index in [4.69, 9.17) is 20.4 Å². The van der Waals surface area contributed by atoms with E-state index in [9.17, 15) is 8.42 Å². The summed E-state index contributed by atoms with van der Waals surface area (Å²) < 4.78 is 31.0. The predicted octanol–water partition coefficient (Wildman–Crippen LogP) is 1.26. The van der Waals surface area contributed by atoms with Crippen molar-refractivity contribution in [3.05, 3.63) is 23.3 Å². The molecule has 0 radical (unpaired) electrons. The van der Waals surface area contributed by atoms with Crippen molar-refractivity contribution in [1.29, 1.82) is 0 Å². The Morgan fingerprint density at radius 3 is 2.50 bits per heavy atom. The van der Waals surface area contributed by atoms with Crippen LogP contribution < -0.4 is 10.6 Å². The molecule has 30 heavy (non-hydrogen) atoms. The molecule has 1 aliphatic heterocycles. The van der Waals surface area contributed by atoms with Crippen LogP contribution in [0.1, 0.15) is 18.7 Å². The van der Waals surface area contributed by atoms with Gasteiger partial charge in [0.1, 0.15) is 0 Å². The minimum absolute atomic E-state index is 0.183. The molecule has 1 aliphatic rings. The molecule has 0 aromatic carbocycles. The van der Waals surface area contributed by atoms with Gasteiger partial charge in [0, 0.05) is 37.4 Å². The molecule has 3 aromatic rings. The lowest BCUT2D eigenvalue weighted by molar-refractivity contribution is 0.122. The number of hydrogen-bond acceptors (Lipinski definition) is 10. The molecule has 12 heteroatoms. The first-order chi connectivity index (χ1) is 14.3. The fraction of sp³-hybridized carbons (Fsp3) is 0.444. The molecule has 0 bridgehead atoms. The predicted molar refractivity (Wildman–Crippen MR) is 117 cm³/mol. The molecule has 0 spiro atoms. The van der Waals surface area contributed by atoms with E-state index in [0.717, 1.165) is 20.9 Å². The fourth-order valence-corrected chi connectivity index (χ4v) is 4.99. The summed E-state index contributed by atoms with van der Waals surface area (Å²) in [6.45, 7) is 6.42. The molecule has 0 amide bonds. The third kappa shape index (κ3) is 3.83. The Labute approximate surface area is 179 Å². The molecule has 4 rings (SSSR count). The summed E-state index contributed by atoms with van der Waals surface area (Å²) in [5.41, 5.74) is 6.30. The zero-order valence-corrected chi connectivity index (χ0v) is 18.6. The quantitative estimate of drug-likeness (QED) is 0.553. The lowest BCUT2D eigenvalue weighted by Crippen LogP contribution is -2.37. The Hall–Kier alpha value is -2.41. The molecule has 3 aromatic heterocycles. The van der Waals surface area contributed by atoms with Gasteiger partial charge in [-0.15, -0.1) is 11.3 Å². The monoisotopic (exact) mass is 449 g/mol. The van der Waals surface area contributed by atoms with Crippen molar-refractivity contribution in [2.45, 2.75) is 19.4 Å². The van der Waals surface area contributed by atoms with Crippen LogP contribution in [0.25, 0.3) is 21.6 Å². The molecular formula is C18H23N7O3S2. The lowest BCUT2D eigenvalue weighted by Gasteiger charge is -2.29. The molecule has 0 aliphatic carbocycles. The van der Waals surface area contributed by atoms with E-state index in [1.54, 1.807) is 19.4 Å². The first kappa shape index (κ1) is 20.8. The highest BCUT2D eigenvalue weighted by Gasteiger charge is 2.31. The number of morpholine rings is 1. The number of rotatable bonds is 5. The van der Waals surface area contributed by atoms with Crippen LogP contribution in [-0.2, 0) is 21.2 Å². The average Bonchev–Trinajstić information content (AvgIpc) is 3.18. The first-order valence-electron chi connectivity index (χ1n) is 9.38. The standard InChI is InChI=1S/C18H23N7O3S2/c1-18(2,24(3)30(26)27)13-8-12-14(29-13)16(25-4-6-28-7-5-25)23-15(22-12)11-9-20-17(19)21-10-11/h8-10,30H,4-7H2,1-3H3,(H2,19,20,21). The van der Waals surface area contributed by atoms with Gasteiger partial charge < -0.3 is 15.4 Å². The molecule has 4 heterocycles. The van der Waals surface area contributed by atoms with Crippen LogP contribution in [0.15, 0.2) is 18.5 Å². The van der Waals surface area contributed by atoms with Gasteiger partial charge in [0.05, 0.1) is 34.5 Å². The maximum absolute atomic E-state index is 11.6. The zero-order valence-electron chi connectivity index (χ0n) is 16.9. The van der Waals surface area contributed by atoms with Crippen LogP contribution in [0.4, 0.5) is 11.8 Å². The van der Waals surface area contributed by atoms with Crippen LogP contribution in [-0.4, -0.2) is 66.0 Å². The summed E-state index contributed by atoms with van der Waals surface area (Å²) in [5, 5.41) is 0. The first-order valence-corrected chi connectivity index (χ1v) is 11.3. The second kappa shape index (κ2) is 8.02. The van der Waals surface area contributed by atoms with Gasteiger partial charge in [-0.2, -0.15) is 4.31 Å². The minimum atomic E-state index is -2.72.